The third kappa shape index (κ3) is 3.57. The number of halogens is 1. The Labute approximate surface area is 166 Å². The van der Waals surface area contributed by atoms with Gasteiger partial charge in [0.05, 0.1) is 25.0 Å². The van der Waals surface area contributed by atoms with Crippen LogP contribution in [0.25, 0.3) is 11.3 Å². The molecule has 1 aromatic carbocycles. The number of esters is 1. The van der Waals surface area contributed by atoms with Gasteiger partial charge in [0.15, 0.2) is 15.2 Å². The van der Waals surface area contributed by atoms with E-state index in [0.717, 1.165) is 48.0 Å². The first-order valence-corrected chi connectivity index (χ1v) is 9.98. The van der Waals surface area contributed by atoms with Crippen LogP contribution in [-0.4, -0.2) is 34.6 Å². The first-order chi connectivity index (χ1) is 13.2. The Kier molecular flexibility index (Phi) is 5.13. The van der Waals surface area contributed by atoms with Crippen LogP contribution in [-0.2, 0) is 4.74 Å². The molecule has 2 aromatic heterocycles. The summed E-state index contributed by atoms with van der Waals surface area (Å²) in [5.41, 5.74) is 2.09. The Bertz CT molecular complexity index is 940. The highest BCUT2D eigenvalue weighted by Gasteiger charge is 2.30. The van der Waals surface area contributed by atoms with Crippen molar-refractivity contribution >= 4 is 34.0 Å². The van der Waals surface area contributed by atoms with Crippen LogP contribution in [0.2, 0.25) is 5.15 Å². The number of rotatable bonds is 4. The molecule has 1 atom stereocenters. The Morgan fingerprint density at radius 2 is 2.15 bits per heavy atom. The van der Waals surface area contributed by atoms with Gasteiger partial charge >= 0.3 is 5.97 Å². The van der Waals surface area contributed by atoms with Crippen LogP contribution >= 0.6 is 22.9 Å². The minimum absolute atomic E-state index is 0.0731. The first kappa shape index (κ1) is 18.0. The van der Waals surface area contributed by atoms with Crippen LogP contribution in [0, 0.1) is 0 Å². The molecular formula is C19H19ClN4O2S. The summed E-state index contributed by atoms with van der Waals surface area (Å²) in [6, 6.07) is 10.2. The molecule has 1 N–H and O–H groups in total. The number of nitrogens with one attached hydrogen (secondary N) is 1. The molecule has 3 aromatic rings. The number of imidazole rings is 1. The fraction of sp³-hybridized carbons (Fsp3) is 0.316. The number of aromatic amines is 1. The van der Waals surface area contributed by atoms with Crippen LogP contribution in [0.15, 0.2) is 36.5 Å². The number of H-pyrrole nitrogens is 1. The number of nitrogens with zero attached hydrogens (tertiary/aromatic N) is 3. The largest absolute Gasteiger partial charge is 0.465 e. The molecule has 0 saturated carbocycles. The molecule has 8 heteroatoms. The number of methoxy groups -OCH3 is 1. The molecule has 0 radical (unpaired) electrons. The lowest BCUT2D eigenvalue weighted by molar-refractivity contribution is 0.0606. The molecule has 0 aliphatic carbocycles. The minimum Gasteiger partial charge on any atom is -0.465 e. The highest BCUT2D eigenvalue weighted by atomic mass is 35.5. The SMILES string of the molecule is COC(=O)c1sc(N2CCCCC2c2ncc(-c3ccccc3)[nH]2)nc1Cl. The number of ether oxygens (including phenoxy) is 1. The predicted octanol–water partition coefficient (Wildman–Crippen LogP) is 4.70. The van der Waals surface area contributed by atoms with Crippen molar-refractivity contribution in [2.45, 2.75) is 25.3 Å². The third-order valence-electron chi connectivity index (χ3n) is 4.69. The third-order valence-corrected chi connectivity index (χ3v) is 6.15. The summed E-state index contributed by atoms with van der Waals surface area (Å²) in [6.45, 7) is 0.844. The summed E-state index contributed by atoms with van der Waals surface area (Å²) in [7, 11) is 1.34. The summed E-state index contributed by atoms with van der Waals surface area (Å²) < 4.78 is 4.79. The van der Waals surface area contributed by atoms with Crippen LogP contribution in [0.4, 0.5) is 5.13 Å². The number of carbonyl (C=O) groups excluding carboxylic acids is 1. The first-order valence-electron chi connectivity index (χ1n) is 8.79. The van der Waals surface area contributed by atoms with E-state index in [2.05, 4.69) is 32.0 Å². The summed E-state index contributed by atoms with van der Waals surface area (Å²) in [6.07, 6.45) is 5.01. The van der Waals surface area contributed by atoms with Crippen molar-refractivity contribution in [2.75, 3.05) is 18.6 Å². The lowest BCUT2D eigenvalue weighted by Crippen LogP contribution is -2.33. The van der Waals surface area contributed by atoms with Crippen LogP contribution in [0.5, 0.6) is 0 Å². The fourth-order valence-electron chi connectivity index (χ4n) is 3.35. The Morgan fingerprint density at radius 3 is 2.93 bits per heavy atom. The zero-order valence-corrected chi connectivity index (χ0v) is 16.4. The van der Waals surface area contributed by atoms with Gasteiger partial charge in [0.25, 0.3) is 0 Å². The second-order valence-electron chi connectivity index (χ2n) is 6.36. The van der Waals surface area contributed by atoms with Crippen molar-refractivity contribution in [3.63, 3.8) is 0 Å². The molecule has 0 bridgehead atoms. The summed E-state index contributed by atoms with van der Waals surface area (Å²) in [5, 5.41) is 0.915. The van der Waals surface area contributed by atoms with E-state index in [9.17, 15) is 4.79 Å². The summed E-state index contributed by atoms with van der Waals surface area (Å²) >= 11 is 7.43. The maximum Gasteiger partial charge on any atom is 0.351 e. The van der Waals surface area contributed by atoms with Gasteiger partial charge < -0.3 is 14.6 Å². The normalized spacial score (nSPS) is 17.1. The second-order valence-corrected chi connectivity index (χ2v) is 7.70. The van der Waals surface area contributed by atoms with E-state index in [0.29, 0.717) is 4.88 Å². The van der Waals surface area contributed by atoms with E-state index in [1.54, 1.807) is 0 Å². The van der Waals surface area contributed by atoms with Crippen molar-refractivity contribution in [1.29, 1.82) is 0 Å². The molecule has 1 fully saturated rings. The molecule has 1 saturated heterocycles. The number of benzene rings is 1. The maximum absolute atomic E-state index is 11.9. The van der Waals surface area contributed by atoms with Crippen LogP contribution < -0.4 is 4.90 Å². The quantitative estimate of drug-likeness (QED) is 0.640. The average Bonchev–Trinajstić information content (AvgIpc) is 3.35. The maximum atomic E-state index is 11.9. The molecule has 3 heterocycles. The fourth-order valence-corrected chi connectivity index (χ4v) is 4.62. The van der Waals surface area contributed by atoms with E-state index in [4.69, 9.17) is 16.3 Å². The smallest absolute Gasteiger partial charge is 0.351 e. The van der Waals surface area contributed by atoms with Gasteiger partial charge in [0.2, 0.25) is 0 Å². The van der Waals surface area contributed by atoms with Crippen molar-refractivity contribution in [2.24, 2.45) is 0 Å². The second kappa shape index (κ2) is 7.70. The zero-order valence-electron chi connectivity index (χ0n) is 14.8. The van der Waals surface area contributed by atoms with Crippen molar-refractivity contribution in [3.05, 3.63) is 52.4 Å². The molecule has 4 rings (SSSR count). The summed E-state index contributed by atoms with van der Waals surface area (Å²) in [5.74, 6) is 0.446. The molecule has 140 valence electrons. The van der Waals surface area contributed by atoms with Gasteiger partial charge in [-0.15, -0.1) is 0 Å². The topological polar surface area (TPSA) is 71.1 Å². The average molecular weight is 403 g/mol. The highest BCUT2D eigenvalue weighted by molar-refractivity contribution is 7.18. The number of aromatic nitrogens is 3. The molecule has 1 aliphatic heterocycles. The molecule has 6 nitrogen and oxygen atoms in total. The number of carbonyl (C=O) groups is 1. The van der Waals surface area contributed by atoms with E-state index < -0.39 is 5.97 Å². The van der Waals surface area contributed by atoms with Gasteiger partial charge in [-0.2, -0.15) is 0 Å². The van der Waals surface area contributed by atoms with Gasteiger partial charge in [-0.05, 0) is 24.8 Å². The Balaban J connectivity index is 1.64. The number of thiazole rings is 1. The molecular weight excluding hydrogens is 384 g/mol. The van der Waals surface area contributed by atoms with Gasteiger partial charge in [0, 0.05) is 6.54 Å². The zero-order chi connectivity index (χ0) is 18.8. The number of hydrogen-bond acceptors (Lipinski definition) is 6. The minimum atomic E-state index is -0.457. The van der Waals surface area contributed by atoms with E-state index in [1.807, 2.05) is 24.4 Å². The van der Waals surface area contributed by atoms with Gasteiger partial charge in [-0.25, -0.2) is 14.8 Å². The molecule has 27 heavy (non-hydrogen) atoms. The predicted molar refractivity (Wildman–Crippen MR) is 106 cm³/mol. The molecule has 0 amide bonds. The van der Waals surface area contributed by atoms with Crippen molar-refractivity contribution < 1.29 is 9.53 Å². The van der Waals surface area contributed by atoms with Crippen LogP contribution in [0.1, 0.15) is 40.8 Å². The standard InChI is InChI=1S/C19H19ClN4O2S/c1-26-18(25)15-16(20)23-19(27-15)24-10-6-5-9-14(24)17-21-11-13(22-17)12-7-3-2-4-8-12/h2-4,7-8,11,14H,5-6,9-10H2,1H3,(H,21,22). The van der Waals surface area contributed by atoms with Gasteiger partial charge in [-0.1, -0.05) is 53.3 Å². The number of anilines is 1. The lowest BCUT2D eigenvalue weighted by atomic mass is 10.0. The monoisotopic (exact) mass is 402 g/mol. The highest BCUT2D eigenvalue weighted by Crippen LogP contribution is 2.38. The lowest BCUT2D eigenvalue weighted by Gasteiger charge is -2.34. The molecule has 1 aliphatic rings. The summed E-state index contributed by atoms with van der Waals surface area (Å²) in [4.78, 5) is 26.9. The molecule has 0 spiro atoms. The Hall–Kier alpha value is -2.38. The number of hydrogen-bond donors (Lipinski definition) is 1. The van der Waals surface area contributed by atoms with Crippen molar-refractivity contribution in [1.82, 2.24) is 15.0 Å². The van der Waals surface area contributed by atoms with E-state index in [1.165, 1.54) is 18.4 Å². The van der Waals surface area contributed by atoms with Gasteiger partial charge in [0.1, 0.15) is 5.82 Å². The van der Waals surface area contributed by atoms with E-state index in [-0.39, 0.29) is 11.2 Å². The van der Waals surface area contributed by atoms with E-state index >= 15 is 0 Å². The number of piperidine rings is 1. The van der Waals surface area contributed by atoms with Crippen LogP contribution in [0.3, 0.4) is 0 Å². The molecule has 1 unspecified atom stereocenters. The van der Waals surface area contributed by atoms with Gasteiger partial charge in [-0.3, -0.25) is 0 Å². The van der Waals surface area contributed by atoms with Crippen molar-refractivity contribution in [3.8, 4) is 11.3 Å². The Morgan fingerprint density at radius 1 is 1.33 bits per heavy atom.